The van der Waals surface area contributed by atoms with Crippen LogP contribution in [0.25, 0.3) is 0 Å². The largest absolute Gasteiger partial charge is 0.473 e. The van der Waals surface area contributed by atoms with Crippen LogP contribution in [0.3, 0.4) is 0 Å². The summed E-state index contributed by atoms with van der Waals surface area (Å²) in [5.74, 6) is 0.572. The van der Waals surface area contributed by atoms with Crippen LogP contribution in [-0.4, -0.2) is 42.4 Å². The number of nitrogens with zero attached hydrogens (tertiary/aromatic N) is 1. The zero-order chi connectivity index (χ0) is 19.2. The molecule has 0 aliphatic heterocycles. The van der Waals surface area contributed by atoms with E-state index in [1.807, 2.05) is 13.8 Å². The third-order valence-electron chi connectivity index (χ3n) is 3.08. The number of imide groups is 1. The lowest BCUT2D eigenvalue weighted by Crippen LogP contribution is -2.48. The highest BCUT2D eigenvalue weighted by atomic mass is 35.5. The lowest BCUT2D eigenvalue weighted by Gasteiger charge is -2.26. The topological polar surface area (TPSA) is 93.9 Å². The van der Waals surface area contributed by atoms with E-state index in [-0.39, 0.29) is 19.8 Å². The summed E-state index contributed by atoms with van der Waals surface area (Å²) in [4.78, 5) is 25.2. The molecule has 0 bridgehead atoms. The SMILES string of the molecule is Cc1cc(OCNC(=O)N(CCN)C(=O)OC(C)(C)C)cc(C)c1Cl. The first kappa shape index (κ1) is 21.1. The van der Waals surface area contributed by atoms with Crippen molar-refractivity contribution in [3.05, 3.63) is 28.3 Å². The van der Waals surface area contributed by atoms with Crippen molar-refractivity contribution >= 4 is 23.7 Å². The summed E-state index contributed by atoms with van der Waals surface area (Å²) in [6, 6.07) is 2.90. The van der Waals surface area contributed by atoms with E-state index in [1.54, 1.807) is 32.9 Å². The van der Waals surface area contributed by atoms with Gasteiger partial charge in [-0.2, -0.15) is 0 Å². The van der Waals surface area contributed by atoms with Crippen molar-refractivity contribution < 1.29 is 19.1 Å². The number of hydrogen-bond acceptors (Lipinski definition) is 5. The van der Waals surface area contributed by atoms with Gasteiger partial charge in [0.25, 0.3) is 0 Å². The Labute approximate surface area is 153 Å². The van der Waals surface area contributed by atoms with E-state index in [0.717, 1.165) is 16.0 Å². The average molecular weight is 372 g/mol. The molecule has 7 nitrogen and oxygen atoms in total. The Bertz CT molecular complexity index is 606. The fraction of sp³-hybridized carbons (Fsp3) is 0.529. The van der Waals surface area contributed by atoms with Gasteiger partial charge in [-0.3, -0.25) is 0 Å². The molecule has 0 saturated carbocycles. The van der Waals surface area contributed by atoms with Gasteiger partial charge in [-0.1, -0.05) is 11.6 Å². The summed E-state index contributed by atoms with van der Waals surface area (Å²) >= 11 is 6.10. The van der Waals surface area contributed by atoms with Gasteiger partial charge in [0.2, 0.25) is 0 Å². The third-order valence-corrected chi connectivity index (χ3v) is 3.68. The molecule has 0 spiro atoms. The molecule has 3 N–H and O–H groups in total. The molecule has 140 valence electrons. The molecule has 0 heterocycles. The van der Waals surface area contributed by atoms with Crippen LogP contribution in [-0.2, 0) is 4.74 Å². The molecule has 8 heteroatoms. The second kappa shape index (κ2) is 8.92. The van der Waals surface area contributed by atoms with Gasteiger partial charge in [0.1, 0.15) is 11.4 Å². The quantitative estimate of drug-likeness (QED) is 0.775. The van der Waals surface area contributed by atoms with Crippen molar-refractivity contribution in [3.8, 4) is 5.75 Å². The number of hydrogen-bond donors (Lipinski definition) is 2. The first-order valence-electron chi connectivity index (χ1n) is 7.93. The normalized spacial score (nSPS) is 11.0. The van der Waals surface area contributed by atoms with E-state index in [9.17, 15) is 9.59 Å². The van der Waals surface area contributed by atoms with Gasteiger partial charge in [-0.25, -0.2) is 14.5 Å². The van der Waals surface area contributed by atoms with E-state index < -0.39 is 17.7 Å². The molecule has 1 aromatic carbocycles. The van der Waals surface area contributed by atoms with Crippen molar-refractivity contribution in [1.82, 2.24) is 10.2 Å². The second-order valence-corrected chi connectivity index (χ2v) is 6.94. The van der Waals surface area contributed by atoms with Crippen molar-refractivity contribution in [2.75, 3.05) is 19.8 Å². The van der Waals surface area contributed by atoms with Crippen LogP contribution in [0.15, 0.2) is 12.1 Å². The molecule has 25 heavy (non-hydrogen) atoms. The third kappa shape index (κ3) is 6.80. The van der Waals surface area contributed by atoms with Gasteiger partial charge in [0, 0.05) is 18.1 Å². The van der Waals surface area contributed by atoms with Gasteiger partial charge in [-0.15, -0.1) is 0 Å². The van der Waals surface area contributed by atoms with Crippen molar-refractivity contribution in [3.63, 3.8) is 0 Å². The Kier molecular flexibility index (Phi) is 7.51. The zero-order valence-electron chi connectivity index (χ0n) is 15.3. The summed E-state index contributed by atoms with van der Waals surface area (Å²) < 4.78 is 10.7. The van der Waals surface area contributed by atoms with Crippen molar-refractivity contribution in [1.29, 1.82) is 0 Å². The minimum atomic E-state index is -0.756. The van der Waals surface area contributed by atoms with Crippen LogP contribution in [0.2, 0.25) is 5.02 Å². The molecular formula is C17H26ClN3O4. The molecule has 1 aromatic rings. The number of halogens is 1. The summed E-state index contributed by atoms with van der Waals surface area (Å²) in [7, 11) is 0. The van der Waals surface area contributed by atoms with E-state index >= 15 is 0 Å². The number of nitrogens with one attached hydrogen (secondary N) is 1. The van der Waals surface area contributed by atoms with Crippen LogP contribution in [0.5, 0.6) is 5.75 Å². The first-order valence-corrected chi connectivity index (χ1v) is 8.31. The van der Waals surface area contributed by atoms with E-state index in [0.29, 0.717) is 10.8 Å². The molecule has 0 radical (unpaired) electrons. The number of urea groups is 1. The maximum atomic E-state index is 12.2. The van der Waals surface area contributed by atoms with E-state index in [4.69, 9.17) is 26.8 Å². The predicted molar refractivity (Wildman–Crippen MR) is 96.9 cm³/mol. The van der Waals surface area contributed by atoms with Gasteiger partial charge >= 0.3 is 12.1 Å². The summed E-state index contributed by atoms with van der Waals surface area (Å²) in [6.07, 6.45) is -0.756. The Balaban J connectivity index is 2.64. The standard InChI is InChI=1S/C17H26ClN3O4/c1-11-8-13(9-12(2)14(11)18)24-10-20-15(22)21(7-6-19)16(23)25-17(3,4)5/h8-9H,6-7,10,19H2,1-5H3,(H,20,22). The highest BCUT2D eigenvalue weighted by molar-refractivity contribution is 6.32. The van der Waals surface area contributed by atoms with E-state index in [1.165, 1.54) is 0 Å². The van der Waals surface area contributed by atoms with Gasteiger partial charge < -0.3 is 20.5 Å². The number of benzene rings is 1. The van der Waals surface area contributed by atoms with Crippen molar-refractivity contribution in [2.24, 2.45) is 5.73 Å². The number of carbonyl (C=O) groups excluding carboxylic acids is 2. The fourth-order valence-electron chi connectivity index (χ4n) is 1.99. The smallest absolute Gasteiger partial charge is 0.418 e. The van der Waals surface area contributed by atoms with Gasteiger partial charge in [0.15, 0.2) is 6.73 Å². The molecule has 0 fully saturated rings. The number of nitrogens with two attached hydrogens (primary N) is 1. The minimum Gasteiger partial charge on any atom is -0.473 e. The molecule has 0 aromatic heterocycles. The molecule has 1 rings (SSSR count). The van der Waals surface area contributed by atoms with Gasteiger partial charge in [0.05, 0.1) is 0 Å². The zero-order valence-corrected chi connectivity index (χ0v) is 16.1. The maximum Gasteiger partial charge on any atom is 0.418 e. The van der Waals surface area contributed by atoms with E-state index in [2.05, 4.69) is 5.32 Å². The number of carbonyl (C=O) groups is 2. The Hall–Kier alpha value is -1.99. The van der Waals surface area contributed by atoms with Crippen LogP contribution in [0.4, 0.5) is 9.59 Å². The fourth-order valence-corrected chi connectivity index (χ4v) is 2.10. The molecule has 0 unspecified atom stereocenters. The van der Waals surface area contributed by atoms with Crippen LogP contribution in [0, 0.1) is 13.8 Å². The molecule has 0 saturated heterocycles. The summed E-state index contributed by atoms with van der Waals surface area (Å²) in [5.41, 5.74) is 6.51. The number of aryl methyl sites for hydroxylation is 2. The second-order valence-electron chi connectivity index (χ2n) is 6.56. The van der Waals surface area contributed by atoms with Crippen LogP contribution >= 0.6 is 11.6 Å². The molecule has 0 aliphatic carbocycles. The lowest BCUT2D eigenvalue weighted by atomic mass is 10.1. The predicted octanol–water partition coefficient (Wildman–Crippen LogP) is 3.20. The maximum absolute atomic E-state index is 12.2. The van der Waals surface area contributed by atoms with Crippen LogP contribution in [0.1, 0.15) is 31.9 Å². The molecular weight excluding hydrogens is 346 g/mol. The number of rotatable bonds is 5. The first-order chi connectivity index (χ1) is 11.5. The molecule has 0 atom stereocenters. The number of amides is 3. The van der Waals surface area contributed by atoms with Crippen molar-refractivity contribution in [2.45, 2.75) is 40.2 Å². The Morgan fingerprint density at radius 1 is 1.24 bits per heavy atom. The number of ether oxygens (including phenoxy) is 2. The summed E-state index contributed by atoms with van der Waals surface area (Å²) in [5, 5.41) is 3.19. The molecule has 3 amide bonds. The average Bonchev–Trinajstić information content (AvgIpc) is 2.48. The summed E-state index contributed by atoms with van der Waals surface area (Å²) in [6.45, 7) is 8.96. The minimum absolute atomic E-state index is 0.0416. The highest BCUT2D eigenvalue weighted by Crippen LogP contribution is 2.25. The lowest BCUT2D eigenvalue weighted by molar-refractivity contribution is 0.0321. The molecule has 0 aliphatic rings. The monoisotopic (exact) mass is 371 g/mol. The Morgan fingerprint density at radius 2 is 1.80 bits per heavy atom. The highest BCUT2D eigenvalue weighted by Gasteiger charge is 2.26. The Morgan fingerprint density at radius 3 is 2.28 bits per heavy atom. The van der Waals surface area contributed by atoms with Crippen LogP contribution < -0.4 is 15.8 Å². The van der Waals surface area contributed by atoms with Gasteiger partial charge in [-0.05, 0) is 57.9 Å².